The van der Waals surface area contributed by atoms with Gasteiger partial charge in [0, 0.05) is 59.7 Å². The topological polar surface area (TPSA) is 90.2 Å². The predicted octanol–water partition coefficient (Wildman–Crippen LogP) is 5.40. The van der Waals surface area contributed by atoms with Crippen LogP contribution in [0.1, 0.15) is 88.5 Å². The lowest BCUT2D eigenvalue weighted by atomic mass is 9.78. The zero-order valence-corrected chi connectivity index (χ0v) is 25.2. The number of rotatable bonds is 7. The molecule has 0 unspecified atom stereocenters. The lowest BCUT2D eigenvalue weighted by Crippen LogP contribution is -2.40. The summed E-state index contributed by atoms with van der Waals surface area (Å²) in [6.07, 6.45) is 4.64. The van der Waals surface area contributed by atoms with Crippen molar-refractivity contribution in [2.75, 3.05) is 20.2 Å². The summed E-state index contributed by atoms with van der Waals surface area (Å²) in [5, 5.41) is 4.40. The van der Waals surface area contributed by atoms with Crippen molar-refractivity contribution in [1.29, 1.82) is 0 Å². The van der Waals surface area contributed by atoms with Gasteiger partial charge in [-0.2, -0.15) is 5.10 Å². The highest BCUT2D eigenvalue weighted by Crippen LogP contribution is 2.42. The summed E-state index contributed by atoms with van der Waals surface area (Å²) in [4.78, 5) is 35.4. The van der Waals surface area contributed by atoms with Gasteiger partial charge in [-0.25, -0.2) is 9.97 Å². The largest absolute Gasteiger partial charge is 0.496 e. The number of hydrogen-bond acceptors (Lipinski definition) is 6. The molecule has 1 aromatic carbocycles. The molecule has 2 aromatic heterocycles. The number of methoxy groups -OCH3 is 1. The fourth-order valence-corrected chi connectivity index (χ4v) is 5.41. The number of amides is 1. The Balaban J connectivity index is 1.52. The van der Waals surface area contributed by atoms with Gasteiger partial charge in [0.05, 0.1) is 12.8 Å². The Kier molecular flexibility index (Phi) is 8.47. The van der Waals surface area contributed by atoms with Crippen LogP contribution in [0, 0.1) is 6.92 Å². The molecule has 4 rings (SSSR count). The Bertz CT molecular complexity index is 1340. The molecule has 40 heavy (non-hydrogen) atoms. The maximum atomic E-state index is 13.0. The lowest BCUT2D eigenvalue weighted by molar-refractivity contribution is -0.133. The number of likely N-dealkylation sites (tertiary alicyclic amines) is 1. The van der Waals surface area contributed by atoms with E-state index in [0.717, 1.165) is 58.8 Å². The number of aromatic nitrogens is 4. The van der Waals surface area contributed by atoms with Crippen LogP contribution in [0.15, 0.2) is 30.5 Å². The number of aryl methyl sites for hydroxylation is 1. The summed E-state index contributed by atoms with van der Waals surface area (Å²) in [5.41, 5.74) is 5.66. The second kappa shape index (κ2) is 11.5. The van der Waals surface area contributed by atoms with Crippen LogP contribution in [0.4, 0.5) is 0 Å². The second-order valence-corrected chi connectivity index (χ2v) is 12.9. The third kappa shape index (κ3) is 6.43. The Morgan fingerprint density at radius 1 is 1.05 bits per heavy atom. The van der Waals surface area contributed by atoms with Gasteiger partial charge < -0.3 is 14.4 Å². The van der Waals surface area contributed by atoms with E-state index in [1.165, 1.54) is 0 Å². The van der Waals surface area contributed by atoms with Gasteiger partial charge in [0.15, 0.2) is 5.82 Å². The van der Waals surface area contributed by atoms with E-state index >= 15 is 0 Å². The molecule has 1 saturated heterocycles. The molecule has 1 fully saturated rings. The highest BCUT2D eigenvalue weighted by molar-refractivity contribution is 5.76. The van der Waals surface area contributed by atoms with Gasteiger partial charge in [-0.3, -0.25) is 9.48 Å². The number of hydrogen-bond donors (Lipinski definition) is 0. The number of carbonyl (C=O) groups excluding carboxylic acids is 2. The SMILES string of the molecule is COc1c(C(C)(C)C)cc(-c2nccc(C3CCN(C(=O)Cn4nc(CC=O)cc4C)CC3)n2)cc1C(C)(C)C. The highest BCUT2D eigenvalue weighted by Gasteiger charge is 2.29. The van der Waals surface area contributed by atoms with Gasteiger partial charge in [-0.15, -0.1) is 0 Å². The molecule has 0 aliphatic carbocycles. The van der Waals surface area contributed by atoms with Crippen molar-refractivity contribution >= 4 is 12.2 Å². The first kappa shape index (κ1) is 29.4. The van der Waals surface area contributed by atoms with Gasteiger partial charge in [0.1, 0.15) is 18.6 Å². The normalized spacial score (nSPS) is 14.8. The van der Waals surface area contributed by atoms with Crippen LogP contribution in [0.25, 0.3) is 11.4 Å². The molecular formula is C32H43N5O3. The van der Waals surface area contributed by atoms with Crippen molar-refractivity contribution in [2.45, 2.75) is 91.0 Å². The zero-order valence-electron chi connectivity index (χ0n) is 25.2. The number of aldehydes is 1. The predicted molar refractivity (Wildman–Crippen MR) is 157 cm³/mol. The van der Waals surface area contributed by atoms with Crippen molar-refractivity contribution in [3.05, 3.63) is 58.7 Å². The van der Waals surface area contributed by atoms with E-state index in [2.05, 4.69) is 63.8 Å². The summed E-state index contributed by atoms with van der Waals surface area (Å²) < 4.78 is 7.62. The average molecular weight is 546 g/mol. The molecule has 0 radical (unpaired) electrons. The van der Waals surface area contributed by atoms with E-state index in [4.69, 9.17) is 9.72 Å². The van der Waals surface area contributed by atoms with Crippen LogP contribution >= 0.6 is 0 Å². The fraction of sp³-hybridized carbons (Fsp3) is 0.531. The Morgan fingerprint density at radius 3 is 2.23 bits per heavy atom. The Hall–Kier alpha value is -3.55. The number of benzene rings is 1. The number of nitrogens with zero attached hydrogens (tertiary/aromatic N) is 5. The molecular weight excluding hydrogens is 502 g/mol. The maximum absolute atomic E-state index is 13.0. The first-order valence-electron chi connectivity index (χ1n) is 14.1. The minimum absolute atomic E-state index is 0.0494. The lowest BCUT2D eigenvalue weighted by Gasteiger charge is -2.32. The minimum atomic E-state index is -0.108. The molecule has 3 aromatic rings. The molecule has 214 valence electrons. The van der Waals surface area contributed by atoms with Gasteiger partial charge in [-0.1, -0.05) is 41.5 Å². The Morgan fingerprint density at radius 2 is 1.68 bits per heavy atom. The fourth-order valence-electron chi connectivity index (χ4n) is 5.41. The summed E-state index contributed by atoms with van der Waals surface area (Å²) in [7, 11) is 1.74. The first-order valence-corrected chi connectivity index (χ1v) is 14.1. The number of ether oxygens (including phenoxy) is 1. The standard InChI is InChI=1S/C32H43N5O3/c1-21-17-24(12-16-38)35-37(21)20-28(39)36-14-10-22(11-15-36)27-9-13-33-30(34-27)23-18-25(31(2,3)4)29(40-8)26(19-23)32(5,6)7/h9,13,16-19,22H,10-12,14-15,20H2,1-8H3. The van der Waals surface area contributed by atoms with Gasteiger partial charge in [0.2, 0.25) is 5.91 Å². The molecule has 3 heterocycles. The molecule has 1 amide bonds. The highest BCUT2D eigenvalue weighted by atomic mass is 16.5. The second-order valence-electron chi connectivity index (χ2n) is 12.9. The molecule has 0 spiro atoms. The van der Waals surface area contributed by atoms with Crippen molar-refractivity contribution < 1.29 is 14.3 Å². The smallest absolute Gasteiger partial charge is 0.244 e. The van der Waals surface area contributed by atoms with Crippen molar-refractivity contribution in [3.63, 3.8) is 0 Å². The molecule has 8 heteroatoms. The van der Waals surface area contributed by atoms with Crippen LogP contribution in [0.3, 0.4) is 0 Å². The molecule has 0 saturated carbocycles. The third-order valence-electron chi connectivity index (χ3n) is 7.72. The van der Waals surface area contributed by atoms with Crippen LogP contribution in [0.5, 0.6) is 5.75 Å². The number of carbonyl (C=O) groups is 2. The van der Waals surface area contributed by atoms with E-state index in [0.29, 0.717) is 18.8 Å². The van der Waals surface area contributed by atoms with E-state index < -0.39 is 0 Å². The maximum Gasteiger partial charge on any atom is 0.244 e. The summed E-state index contributed by atoms with van der Waals surface area (Å²) in [6.45, 7) is 16.6. The van der Waals surface area contributed by atoms with Crippen LogP contribution in [-0.2, 0) is 33.4 Å². The van der Waals surface area contributed by atoms with Crippen LogP contribution in [-0.4, -0.2) is 57.0 Å². The van der Waals surface area contributed by atoms with Crippen molar-refractivity contribution in [1.82, 2.24) is 24.6 Å². The van der Waals surface area contributed by atoms with Crippen LogP contribution < -0.4 is 4.74 Å². The van der Waals surface area contributed by atoms with Gasteiger partial charge >= 0.3 is 0 Å². The number of piperidine rings is 1. The Labute approximate surface area is 238 Å². The van der Waals surface area contributed by atoms with Gasteiger partial charge in [-0.05, 0) is 54.9 Å². The zero-order chi connectivity index (χ0) is 29.2. The van der Waals surface area contributed by atoms with Crippen molar-refractivity contribution in [3.8, 4) is 17.1 Å². The quantitative estimate of drug-likeness (QED) is 0.369. The monoisotopic (exact) mass is 545 g/mol. The van der Waals surface area contributed by atoms with Crippen LogP contribution in [0.2, 0.25) is 0 Å². The van der Waals surface area contributed by atoms with E-state index in [1.54, 1.807) is 11.8 Å². The summed E-state index contributed by atoms with van der Waals surface area (Å²) >= 11 is 0. The van der Waals surface area contributed by atoms with Crippen molar-refractivity contribution in [2.24, 2.45) is 0 Å². The van der Waals surface area contributed by atoms with E-state index in [1.807, 2.05) is 30.2 Å². The van der Waals surface area contributed by atoms with E-state index in [-0.39, 0.29) is 35.6 Å². The first-order chi connectivity index (χ1) is 18.8. The molecule has 8 nitrogen and oxygen atoms in total. The molecule has 1 aliphatic heterocycles. The van der Waals surface area contributed by atoms with Gasteiger partial charge in [0.25, 0.3) is 0 Å². The molecule has 0 atom stereocenters. The molecule has 0 N–H and O–H groups in total. The third-order valence-corrected chi connectivity index (χ3v) is 7.72. The summed E-state index contributed by atoms with van der Waals surface area (Å²) in [5.74, 6) is 1.96. The minimum Gasteiger partial charge on any atom is -0.496 e. The average Bonchev–Trinajstić information content (AvgIpc) is 3.25. The summed E-state index contributed by atoms with van der Waals surface area (Å²) in [6, 6.07) is 8.21. The molecule has 0 bridgehead atoms. The van der Waals surface area contributed by atoms with E-state index in [9.17, 15) is 9.59 Å². The molecule has 1 aliphatic rings.